The van der Waals surface area contributed by atoms with Crippen LogP contribution in [0.3, 0.4) is 0 Å². The van der Waals surface area contributed by atoms with Crippen molar-refractivity contribution in [2.24, 2.45) is 0 Å². The van der Waals surface area contributed by atoms with E-state index in [-0.39, 0.29) is 12.8 Å². The maximum Gasteiger partial charge on any atom is 0.472 e. The molecule has 4 N–H and O–H groups in total. The van der Waals surface area contributed by atoms with E-state index in [1.54, 1.807) is 0 Å². The van der Waals surface area contributed by atoms with Gasteiger partial charge in [0.1, 0.15) is 12.7 Å². The fourth-order valence-electron chi connectivity index (χ4n) is 3.70. The van der Waals surface area contributed by atoms with Crippen molar-refractivity contribution in [2.45, 2.75) is 122 Å². The fourth-order valence-corrected chi connectivity index (χ4v) is 4.47. The average molecular weight is 632 g/mol. The molecule has 0 spiro atoms. The minimum absolute atomic E-state index is 0.0246. The lowest BCUT2D eigenvalue weighted by Gasteiger charge is -2.18. The summed E-state index contributed by atoms with van der Waals surface area (Å²) in [5.74, 6) is -2.51. The van der Waals surface area contributed by atoms with E-state index in [1.165, 1.54) is 32.6 Å². The molecule has 0 heterocycles. The van der Waals surface area contributed by atoms with Crippen molar-refractivity contribution >= 4 is 25.7 Å². The number of phosphoric ester groups is 1. The minimum atomic E-state index is -4.71. The van der Waals surface area contributed by atoms with Crippen molar-refractivity contribution in [1.82, 2.24) is 5.32 Å². The molecule has 248 valence electrons. The van der Waals surface area contributed by atoms with Crippen LogP contribution in [0.4, 0.5) is 0 Å². The zero-order chi connectivity index (χ0) is 32.2. The van der Waals surface area contributed by atoms with E-state index >= 15 is 0 Å². The molecule has 3 atom stereocenters. The van der Waals surface area contributed by atoms with Gasteiger partial charge < -0.3 is 25.2 Å². The second kappa shape index (κ2) is 27.3. The Bertz CT molecular complexity index is 890. The first-order chi connectivity index (χ1) is 20.6. The number of aliphatic hydroxyl groups is 1. The number of carbonyl (C=O) groups excluding carboxylic acids is 2. The highest BCUT2D eigenvalue weighted by atomic mass is 31.2. The number of aliphatic hydroxyl groups excluding tert-OH is 1. The van der Waals surface area contributed by atoms with E-state index in [4.69, 9.17) is 9.84 Å². The molecule has 12 heteroatoms. The molecule has 0 aliphatic heterocycles. The molecule has 3 unspecified atom stereocenters. The second-order valence-electron chi connectivity index (χ2n) is 10.3. The van der Waals surface area contributed by atoms with E-state index in [2.05, 4.69) is 57.7 Å². The molecule has 0 fully saturated rings. The molecule has 0 aliphatic rings. The van der Waals surface area contributed by atoms with Crippen LogP contribution >= 0.6 is 7.82 Å². The van der Waals surface area contributed by atoms with Crippen LogP contribution in [0.5, 0.6) is 0 Å². The standard InChI is InChI=1S/C31H54NO10P/c1-3-5-6-7-8-9-10-11-12-13-14-15-16-17-18-19-20-21-22-23-30(35)40-24-27(33)25-41-43(38,39)42-26-28(31(36)37)32-29(34)4-2/h8-9,11-12,14-15,27-28,33H,3-7,10,13,16-26H2,1-2H3,(H,32,34)(H,36,37)(H,38,39)/b9-8-,12-11-,15-14-. The van der Waals surface area contributed by atoms with E-state index in [1.807, 2.05) is 0 Å². The molecule has 0 radical (unpaired) electrons. The number of phosphoric acid groups is 1. The van der Waals surface area contributed by atoms with Crippen LogP contribution in [0, 0.1) is 0 Å². The van der Waals surface area contributed by atoms with Gasteiger partial charge in [-0.1, -0.05) is 88.8 Å². The highest BCUT2D eigenvalue weighted by Crippen LogP contribution is 2.43. The van der Waals surface area contributed by atoms with Crippen LogP contribution in [0.1, 0.15) is 110 Å². The number of carboxylic acid groups (broad SMARTS) is 1. The van der Waals surface area contributed by atoms with E-state index in [0.29, 0.717) is 6.42 Å². The Morgan fingerprint density at radius 1 is 0.767 bits per heavy atom. The number of hydrogen-bond donors (Lipinski definition) is 4. The number of esters is 1. The zero-order valence-corrected chi connectivity index (χ0v) is 26.9. The maximum atomic E-state index is 11.9. The number of rotatable bonds is 28. The Morgan fingerprint density at radius 2 is 1.30 bits per heavy atom. The molecular formula is C31H54NO10P. The van der Waals surface area contributed by atoms with Gasteiger partial charge in [0.05, 0.1) is 13.2 Å². The van der Waals surface area contributed by atoms with Gasteiger partial charge >= 0.3 is 19.8 Å². The number of carbonyl (C=O) groups is 3. The van der Waals surface area contributed by atoms with Crippen molar-refractivity contribution < 1.29 is 47.8 Å². The summed E-state index contributed by atoms with van der Waals surface area (Å²) in [6.07, 6.45) is 26.3. The number of allylic oxidation sites excluding steroid dienone is 6. The number of nitrogens with one attached hydrogen (secondary N) is 1. The van der Waals surface area contributed by atoms with Crippen molar-refractivity contribution in [3.63, 3.8) is 0 Å². The molecule has 0 rings (SSSR count). The summed E-state index contributed by atoms with van der Waals surface area (Å²) < 4.78 is 26.1. The molecule has 43 heavy (non-hydrogen) atoms. The first-order valence-corrected chi connectivity index (χ1v) is 17.0. The van der Waals surface area contributed by atoms with Gasteiger partial charge in [-0.3, -0.25) is 18.6 Å². The lowest BCUT2D eigenvalue weighted by molar-refractivity contribution is -0.147. The topological polar surface area (TPSA) is 169 Å². The van der Waals surface area contributed by atoms with Crippen molar-refractivity contribution in [3.8, 4) is 0 Å². The van der Waals surface area contributed by atoms with Gasteiger partial charge in [-0.2, -0.15) is 0 Å². The highest BCUT2D eigenvalue weighted by molar-refractivity contribution is 7.47. The lowest BCUT2D eigenvalue weighted by Crippen LogP contribution is -2.43. The highest BCUT2D eigenvalue weighted by Gasteiger charge is 2.28. The summed E-state index contributed by atoms with van der Waals surface area (Å²) in [6.45, 7) is 1.82. The van der Waals surface area contributed by atoms with Crippen LogP contribution < -0.4 is 5.32 Å². The Hall–Kier alpha value is -2.30. The molecule has 0 aromatic carbocycles. The number of ether oxygens (including phenoxy) is 1. The summed E-state index contributed by atoms with van der Waals surface area (Å²) in [4.78, 5) is 44.0. The van der Waals surface area contributed by atoms with Gasteiger partial charge in [0.2, 0.25) is 5.91 Å². The second-order valence-corrected chi connectivity index (χ2v) is 11.7. The number of amides is 1. The third-order valence-electron chi connectivity index (χ3n) is 6.25. The Morgan fingerprint density at radius 3 is 1.88 bits per heavy atom. The molecule has 0 saturated carbocycles. The van der Waals surface area contributed by atoms with Crippen molar-refractivity contribution in [2.75, 3.05) is 19.8 Å². The molecule has 0 bridgehead atoms. The van der Waals surface area contributed by atoms with E-state index in [9.17, 15) is 28.9 Å². The number of unbranched alkanes of at least 4 members (excludes halogenated alkanes) is 9. The SMILES string of the molecule is CCCCC/C=C\C/C=C\C/C=C\CCCCCCCCC(=O)OCC(O)COP(=O)(O)OCC(NC(=O)CC)C(=O)O. The zero-order valence-electron chi connectivity index (χ0n) is 26.0. The Kier molecular flexibility index (Phi) is 25.8. The van der Waals surface area contributed by atoms with Gasteiger partial charge in [0.15, 0.2) is 6.04 Å². The third kappa shape index (κ3) is 27.0. The summed E-state index contributed by atoms with van der Waals surface area (Å²) in [7, 11) is -4.71. The summed E-state index contributed by atoms with van der Waals surface area (Å²) in [5, 5.41) is 21.0. The first-order valence-electron chi connectivity index (χ1n) is 15.5. The number of carboxylic acids is 1. The number of hydrogen-bond acceptors (Lipinski definition) is 8. The summed E-state index contributed by atoms with van der Waals surface area (Å²) in [6, 6.07) is -1.54. The van der Waals surface area contributed by atoms with Crippen LogP contribution in [-0.2, 0) is 32.7 Å². The molecule has 11 nitrogen and oxygen atoms in total. The minimum Gasteiger partial charge on any atom is -0.480 e. The Labute approximate surface area is 257 Å². The van der Waals surface area contributed by atoms with Crippen molar-refractivity contribution in [3.05, 3.63) is 36.5 Å². The molecule has 0 aromatic heterocycles. The third-order valence-corrected chi connectivity index (χ3v) is 7.20. The molecular weight excluding hydrogens is 577 g/mol. The van der Waals surface area contributed by atoms with Gasteiger partial charge in [0, 0.05) is 12.8 Å². The molecule has 0 saturated heterocycles. The molecule has 0 aromatic rings. The predicted octanol–water partition coefficient (Wildman–Crippen LogP) is 6.15. The van der Waals surface area contributed by atoms with Crippen LogP contribution in [0.2, 0.25) is 0 Å². The normalized spacial score (nSPS) is 14.7. The van der Waals surface area contributed by atoms with Crippen LogP contribution in [0.25, 0.3) is 0 Å². The Balaban J connectivity index is 3.79. The summed E-state index contributed by atoms with van der Waals surface area (Å²) >= 11 is 0. The van der Waals surface area contributed by atoms with Gasteiger partial charge in [-0.05, 0) is 44.9 Å². The van der Waals surface area contributed by atoms with Gasteiger partial charge in [0.25, 0.3) is 0 Å². The first kappa shape index (κ1) is 40.7. The maximum absolute atomic E-state index is 11.9. The van der Waals surface area contributed by atoms with Gasteiger partial charge in [-0.25, -0.2) is 9.36 Å². The largest absolute Gasteiger partial charge is 0.480 e. The monoisotopic (exact) mass is 631 g/mol. The summed E-state index contributed by atoms with van der Waals surface area (Å²) in [5.41, 5.74) is 0. The smallest absolute Gasteiger partial charge is 0.472 e. The van der Waals surface area contributed by atoms with Crippen LogP contribution in [0.15, 0.2) is 36.5 Å². The molecule has 0 aliphatic carbocycles. The lowest BCUT2D eigenvalue weighted by atomic mass is 10.1. The van der Waals surface area contributed by atoms with E-state index in [0.717, 1.165) is 51.4 Å². The quantitative estimate of drug-likeness (QED) is 0.0340. The average Bonchev–Trinajstić information content (AvgIpc) is 2.98. The van der Waals surface area contributed by atoms with Crippen LogP contribution in [-0.4, -0.2) is 64.9 Å². The molecule has 1 amide bonds. The van der Waals surface area contributed by atoms with Crippen molar-refractivity contribution in [1.29, 1.82) is 0 Å². The fraction of sp³-hybridized carbons (Fsp3) is 0.710. The van der Waals surface area contributed by atoms with E-state index < -0.39 is 57.6 Å². The predicted molar refractivity (Wildman–Crippen MR) is 166 cm³/mol. The number of aliphatic carboxylic acids is 1. The van der Waals surface area contributed by atoms with Gasteiger partial charge in [-0.15, -0.1) is 0 Å².